The van der Waals surface area contributed by atoms with Crippen molar-refractivity contribution in [1.29, 1.82) is 0 Å². The summed E-state index contributed by atoms with van der Waals surface area (Å²) in [4.78, 5) is 11.2. The molecule has 1 aromatic heterocycles. The van der Waals surface area contributed by atoms with Crippen molar-refractivity contribution in [2.24, 2.45) is 0 Å². The average Bonchev–Trinajstić information content (AvgIpc) is 2.66. The van der Waals surface area contributed by atoms with Crippen molar-refractivity contribution in [1.82, 2.24) is 9.78 Å². The summed E-state index contributed by atoms with van der Waals surface area (Å²) in [5, 5.41) is 13.1. The quantitative estimate of drug-likeness (QED) is 0.807. The predicted octanol–water partition coefficient (Wildman–Crippen LogP) is 1.14. The van der Waals surface area contributed by atoms with Crippen molar-refractivity contribution in [2.45, 2.75) is 6.04 Å². The molecule has 1 aromatic carbocycles. The van der Waals surface area contributed by atoms with Gasteiger partial charge in [0.1, 0.15) is 0 Å². The molecular formula is C11H11N3O2. The molecule has 16 heavy (non-hydrogen) atoms. The van der Waals surface area contributed by atoms with E-state index in [1.165, 1.54) is 17.1 Å². The zero-order chi connectivity index (χ0) is 11.5. The first kappa shape index (κ1) is 10.2. The number of nitrogen functional groups attached to an aromatic ring is 1. The number of benzene rings is 1. The summed E-state index contributed by atoms with van der Waals surface area (Å²) in [5.74, 6) is -0.964. The number of aliphatic carboxylic acids is 1. The first-order chi connectivity index (χ1) is 7.68. The van der Waals surface area contributed by atoms with Crippen molar-refractivity contribution < 1.29 is 9.90 Å². The Morgan fingerprint density at radius 2 is 2.06 bits per heavy atom. The maximum atomic E-state index is 11.2. The van der Waals surface area contributed by atoms with E-state index in [4.69, 9.17) is 5.73 Å². The molecule has 0 amide bonds. The molecule has 82 valence electrons. The molecule has 2 rings (SSSR count). The fraction of sp³-hybridized carbons (Fsp3) is 0.0909. The van der Waals surface area contributed by atoms with Crippen LogP contribution >= 0.6 is 0 Å². The third-order valence-corrected chi connectivity index (χ3v) is 2.24. The van der Waals surface area contributed by atoms with E-state index in [1.54, 1.807) is 24.3 Å². The van der Waals surface area contributed by atoms with Gasteiger partial charge in [0.2, 0.25) is 0 Å². The molecule has 0 saturated heterocycles. The minimum atomic E-state index is -0.964. The number of carbonyl (C=O) groups is 1. The number of carboxylic acid groups (broad SMARTS) is 1. The summed E-state index contributed by atoms with van der Waals surface area (Å²) in [5.41, 5.74) is 6.63. The SMILES string of the molecule is Nc1cnn(C(C(=O)O)c2ccccc2)c1. The van der Waals surface area contributed by atoms with Gasteiger partial charge in [0, 0.05) is 6.20 Å². The highest BCUT2D eigenvalue weighted by Crippen LogP contribution is 2.18. The van der Waals surface area contributed by atoms with Crippen LogP contribution in [-0.4, -0.2) is 20.9 Å². The molecule has 0 spiro atoms. The molecule has 0 saturated carbocycles. The molecule has 2 aromatic rings. The maximum absolute atomic E-state index is 11.2. The molecule has 1 atom stereocenters. The Morgan fingerprint density at radius 3 is 2.56 bits per heavy atom. The zero-order valence-electron chi connectivity index (χ0n) is 8.45. The van der Waals surface area contributed by atoms with Crippen LogP contribution in [0.4, 0.5) is 5.69 Å². The number of carboxylic acids is 1. The standard InChI is InChI=1S/C11H11N3O2/c12-9-6-13-14(7-9)10(11(15)16)8-4-2-1-3-5-8/h1-7,10H,12H2,(H,15,16). The van der Waals surface area contributed by atoms with Crippen LogP contribution in [0.1, 0.15) is 11.6 Å². The highest BCUT2D eigenvalue weighted by atomic mass is 16.4. The molecule has 5 heteroatoms. The van der Waals surface area contributed by atoms with Crippen LogP contribution in [0.3, 0.4) is 0 Å². The van der Waals surface area contributed by atoms with Gasteiger partial charge in [-0.15, -0.1) is 0 Å². The maximum Gasteiger partial charge on any atom is 0.333 e. The Morgan fingerprint density at radius 1 is 1.38 bits per heavy atom. The average molecular weight is 217 g/mol. The van der Waals surface area contributed by atoms with E-state index in [-0.39, 0.29) is 0 Å². The topological polar surface area (TPSA) is 81.1 Å². The molecule has 0 fully saturated rings. The molecular weight excluding hydrogens is 206 g/mol. The van der Waals surface area contributed by atoms with E-state index in [0.29, 0.717) is 11.3 Å². The number of hydrogen-bond donors (Lipinski definition) is 2. The summed E-state index contributed by atoms with van der Waals surface area (Å²) in [6, 6.07) is 8.07. The van der Waals surface area contributed by atoms with E-state index >= 15 is 0 Å². The fourth-order valence-electron chi connectivity index (χ4n) is 1.54. The van der Waals surface area contributed by atoms with Gasteiger partial charge in [0.25, 0.3) is 0 Å². The van der Waals surface area contributed by atoms with Gasteiger partial charge in [-0.3, -0.25) is 4.68 Å². The van der Waals surface area contributed by atoms with Crippen LogP contribution in [0.15, 0.2) is 42.7 Å². The second-order valence-corrected chi connectivity index (χ2v) is 3.41. The zero-order valence-corrected chi connectivity index (χ0v) is 8.45. The highest BCUT2D eigenvalue weighted by molar-refractivity contribution is 5.76. The van der Waals surface area contributed by atoms with Gasteiger partial charge in [-0.1, -0.05) is 30.3 Å². The van der Waals surface area contributed by atoms with Gasteiger partial charge in [0.15, 0.2) is 6.04 Å². The highest BCUT2D eigenvalue weighted by Gasteiger charge is 2.22. The summed E-state index contributed by atoms with van der Waals surface area (Å²) < 4.78 is 1.34. The van der Waals surface area contributed by atoms with E-state index in [2.05, 4.69) is 5.10 Å². The molecule has 0 aliphatic heterocycles. The molecule has 0 aliphatic rings. The van der Waals surface area contributed by atoms with Gasteiger partial charge in [0.05, 0.1) is 11.9 Å². The van der Waals surface area contributed by atoms with Gasteiger partial charge >= 0.3 is 5.97 Å². The Labute approximate surface area is 92.1 Å². The van der Waals surface area contributed by atoms with Crippen LogP contribution < -0.4 is 5.73 Å². The van der Waals surface area contributed by atoms with Crippen molar-refractivity contribution in [3.8, 4) is 0 Å². The second kappa shape index (κ2) is 4.06. The number of anilines is 1. The monoisotopic (exact) mass is 217 g/mol. The third kappa shape index (κ3) is 1.88. The summed E-state index contributed by atoms with van der Waals surface area (Å²) in [7, 11) is 0. The first-order valence-electron chi connectivity index (χ1n) is 4.76. The smallest absolute Gasteiger partial charge is 0.333 e. The van der Waals surface area contributed by atoms with E-state index in [1.807, 2.05) is 6.07 Å². The largest absolute Gasteiger partial charge is 0.479 e. The van der Waals surface area contributed by atoms with E-state index < -0.39 is 12.0 Å². The molecule has 1 unspecified atom stereocenters. The lowest BCUT2D eigenvalue weighted by Crippen LogP contribution is -2.20. The number of aromatic nitrogens is 2. The summed E-state index contributed by atoms with van der Waals surface area (Å²) in [6.45, 7) is 0. The Bertz CT molecular complexity index is 493. The fourth-order valence-corrected chi connectivity index (χ4v) is 1.54. The van der Waals surface area contributed by atoms with Crippen LogP contribution in [0, 0.1) is 0 Å². The normalized spacial score (nSPS) is 12.2. The lowest BCUT2D eigenvalue weighted by atomic mass is 10.1. The number of nitrogens with two attached hydrogens (primary N) is 1. The predicted molar refractivity (Wildman–Crippen MR) is 58.9 cm³/mol. The lowest BCUT2D eigenvalue weighted by molar-refractivity contribution is -0.139. The Kier molecular flexibility index (Phi) is 2.59. The molecule has 5 nitrogen and oxygen atoms in total. The van der Waals surface area contributed by atoms with Crippen LogP contribution in [-0.2, 0) is 4.79 Å². The summed E-state index contributed by atoms with van der Waals surface area (Å²) >= 11 is 0. The third-order valence-electron chi connectivity index (χ3n) is 2.24. The van der Waals surface area contributed by atoms with E-state index in [0.717, 1.165) is 0 Å². The van der Waals surface area contributed by atoms with Gasteiger partial charge in [-0.2, -0.15) is 5.10 Å². The Hall–Kier alpha value is -2.30. The van der Waals surface area contributed by atoms with Gasteiger partial charge in [-0.25, -0.2) is 4.79 Å². The minimum absolute atomic E-state index is 0.446. The summed E-state index contributed by atoms with van der Waals surface area (Å²) in [6.07, 6.45) is 2.94. The number of hydrogen-bond acceptors (Lipinski definition) is 3. The number of rotatable bonds is 3. The molecule has 0 radical (unpaired) electrons. The van der Waals surface area contributed by atoms with Crippen molar-refractivity contribution in [3.05, 3.63) is 48.3 Å². The van der Waals surface area contributed by atoms with Gasteiger partial charge < -0.3 is 10.8 Å². The van der Waals surface area contributed by atoms with Crippen molar-refractivity contribution in [2.75, 3.05) is 5.73 Å². The lowest BCUT2D eigenvalue weighted by Gasteiger charge is -2.12. The van der Waals surface area contributed by atoms with Crippen molar-refractivity contribution in [3.63, 3.8) is 0 Å². The van der Waals surface area contributed by atoms with E-state index in [9.17, 15) is 9.90 Å². The van der Waals surface area contributed by atoms with Crippen LogP contribution in [0.5, 0.6) is 0 Å². The van der Waals surface area contributed by atoms with Gasteiger partial charge in [-0.05, 0) is 5.56 Å². The molecule has 0 aliphatic carbocycles. The molecule has 3 N–H and O–H groups in total. The van der Waals surface area contributed by atoms with Crippen LogP contribution in [0.25, 0.3) is 0 Å². The van der Waals surface area contributed by atoms with Crippen LogP contribution in [0.2, 0.25) is 0 Å². The Balaban J connectivity index is 2.43. The minimum Gasteiger partial charge on any atom is -0.479 e. The molecule has 1 heterocycles. The van der Waals surface area contributed by atoms with Crippen molar-refractivity contribution >= 4 is 11.7 Å². The first-order valence-corrected chi connectivity index (χ1v) is 4.76. The molecule has 0 bridgehead atoms. The second-order valence-electron chi connectivity index (χ2n) is 3.41. The number of nitrogens with zero attached hydrogens (tertiary/aromatic N) is 2.